The molecule has 1 aliphatic rings. The average Bonchev–Trinajstić information content (AvgIpc) is 3.18. The zero-order valence-corrected chi connectivity index (χ0v) is 12.9. The minimum atomic E-state index is 0.859. The van der Waals surface area contributed by atoms with Crippen LogP contribution in [0.1, 0.15) is 12.8 Å². The highest BCUT2D eigenvalue weighted by Crippen LogP contribution is 2.33. The van der Waals surface area contributed by atoms with Crippen molar-refractivity contribution in [3.8, 4) is 0 Å². The van der Waals surface area contributed by atoms with Crippen molar-refractivity contribution in [3.05, 3.63) is 30.5 Å². The van der Waals surface area contributed by atoms with E-state index < -0.39 is 0 Å². The van der Waals surface area contributed by atoms with Crippen molar-refractivity contribution in [1.82, 2.24) is 20.2 Å². The first kappa shape index (κ1) is 13.0. The first-order valence-electron chi connectivity index (χ1n) is 6.86. The Balaban J connectivity index is 1.56. The van der Waals surface area contributed by atoms with Crippen LogP contribution in [0.4, 0.5) is 5.13 Å². The summed E-state index contributed by atoms with van der Waals surface area (Å²) in [5.41, 5.74) is 1.82. The summed E-state index contributed by atoms with van der Waals surface area (Å²) in [4.78, 5) is 11.3. The largest absolute Gasteiger partial charge is 0.347 e. The van der Waals surface area contributed by atoms with Gasteiger partial charge in [-0.2, -0.15) is 0 Å². The van der Waals surface area contributed by atoms with Crippen molar-refractivity contribution in [3.63, 3.8) is 0 Å². The van der Waals surface area contributed by atoms with E-state index in [9.17, 15) is 0 Å². The van der Waals surface area contributed by atoms with Gasteiger partial charge in [0, 0.05) is 13.1 Å². The van der Waals surface area contributed by atoms with Crippen LogP contribution >= 0.6 is 23.1 Å². The molecule has 1 aromatic carbocycles. The second kappa shape index (κ2) is 5.57. The van der Waals surface area contributed by atoms with E-state index in [0.29, 0.717) is 0 Å². The Morgan fingerprint density at radius 2 is 1.86 bits per heavy atom. The molecule has 0 N–H and O–H groups in total. The predicted octanol–water partition coefficient (Wildman–Crippen LogP) is 3.23. The lowest BCUT2D eigenvalue weighted by atomic mass is 10.3. The van der Waals surface area contributed by atoms with E-state index in [1.807, 2.05) is 24.3 Å². The Kier molecular flexibility index (Phi) is 3.44. The summed E-state index contributed by atoms with van der Waals surface area (Å²) >= 11 is 3.16. The van der Waals surface area contributed by atoms with Crippen LogP contribution < -0.4 is 4.90 Å². The van der Waals surface area contributed by atoms with Crippen LogP contribution in [0.3, 0.4) is 0 Å². The number of aromatic nitrogens is 4. The number of para-hydroxylation sites is 2. The molecule has 7 heteroatoms. The maximum atomic E-state index is 4.60. The molecule has 3 heterocycles. The monoisotopic (exact) mass is 315 g/mol. The molecule has 3 aromatic rings. The third-order valence-electron chi connectivity index (χ3n) is 3.39. The Morgan fingerprint density at radius 3 is 2.71 bits per heavy atom. The van der Waals surface area contributed by atoms with Crippen LogP contribution in [0.5, 0.6) is 0 Å². The molecule has 1 saturated heterocycles. The van der Waals surface area contributed by atoms with E-state index in [1.54, 1.807) is 17.5 Å². The molecule has 0 aliphatic carbocycles. The van der Waals surface area contributed by atoms with Gasteiger partial charge >= 0.3 is 0 Å². The molecule has 0 radical (unpaired) electrons. The zero-order valence-electron chi connectivity index (χ0n) is 11.3. The average molecular weight is 315 g/mol. The molecular weight excluding hydrogens is 302 g/mol. The van der Waals surface area contributed by atoms with Crippen LogP contribution in [0.25, 0.3) is 11.0 Å². The topological polar surface area (TPSA) is 54.8 Å². The van der Waals surface area contributed by atoms with Crippen molar-refractivity contribution in [1.29, 1.82) is 0 Å². The number of hydrogen-bond acceptors (Lipinski definition) is 7. The van der Waals surface area contributed by atoms with E-state index in [0.717, 1.165) is 38.6 Å². The zero-order chi connectivity index (χ0) is 14.1. The van der Waals surface area contributed by atoms with Gasteiger partial charge in [-0.1, -0.05) is 23.5 Å². The lowest BCUT2D eigenvalue weighted by Gasteiger charge is -2.10. The summed E-state index contributed by atoms with van der Waals surface area (Å²) in [5.74, 6) is 0. The number of fused-ring (bicyclic) bond motifs is 1. The minimum Gasteiger partial charge on any atom is -0.347 e. The lowest BCUT2D eigenvalue weighted by Crippen LogP contribution is -2.17. The lowest BCUT2D eigenvalue weighted by molar-refractivity contribution is 0.912. The summed E-state index contributed by atoms with van der Waals surface area (Å²) in [6, 6.07) is 7.88. The van der Waals surface area contributed by atoms with Crippen LogP contribution in [-0.4, -0.2) is 33.3 Å². The second-order valence-electron chi connectivity index (χ2n) is 4.84. The molecular formula is C14H13N5S2. The van der Waals surface area contributed by atoms with Crippen molar-refractivity contribution in [2.45, 2.75) is 22.2 Å². The highest BCUT2D eigenvalue weighted by Gasteiger charge is 2.17. The van der Waals surface area contributed by atoms with Crippen molar-refractivity contribution in [2.75, 3.05) is 18.0 Å². The Bertz CT molecular complexity index is 767. The summed E-state index contributed by atoms with van der Waals surface area (Å²) in [6.45, 7) is 2.18. The van der Waals surface area contributed by atoms with Gasteiger partial charge in [0.05, 0.1) is 17.2 Å². The molecule has 0 amide bonds. The minimum absolute atomic E-state index is 0.859. The maximum absolute atomic E-state index is 4.60. The number of hydrogen-bond donors (Lipinski definition) is 0. The molecule has 1 aliphatic heterocycles. The quantitative estimate of drug-likeness (QED) is 0.739. The van der Waals surface area contributed by atoms with Gasteiger partial charge in [0.25, 0.3) is 0 Å². The molecule has 0 atom stereocenters. The molecule has 0 saturated carbocycles. The molecule has 21 heavy (non-hydrogen) atoms. The standard InChI is InChI=1S/C14H13N5S2/c1-2-6-11-10(5-1)15-9-12(16-11)20-14-18-17-13(21-14)19-7-3-4-8-19/h1-2,5-6,9H,3-4,7-8H2. The fourth-order valence-electron chi connectivity index (χ4n) is 2.36. The first-order chi connectivity index (χ1) is 10.4. The molecule has 5 nitrogen and oxygen atoms in total. The van der Waals surface area contributed by atoms with Crippen molar-refractivity contribution in [2.24, 2.45) is 0 Å². The highest BCUT2D eigenvalue weighted by atomic mass is 32.2. The Labute approximate surface area is 130 Å². The fourth-order valence-corrected chi connectivity index (χ4v) is 4.15. The Morgan fingerprint density at radius 1 is 1.05 bits per heavy atom. The van der Waals surface area contributed by atoms with Crippen molar-refractivity contribution < 1.29 is 0 Å². The fraction of sp³-hybridized carbons (Fsp3) is 0.286. The van der Waals surface area contributed by atoms with Gasteiger partial charge < -0.3 is 4.90 Å². The Hall–Kier alpha value is -1.73. The first-order valence-corrected chi connectivity index (χ1v) is 8.50. The van der Waals surface area contributed by atoms with Gasteiger partial charge in [-0.3, -0.25) is 4.98 Å². The van der Waals surface area contributed by atoms with Crippen LogP contribution in [0.2, 0.25) is 0 Å². The number of nitrogens with zero attached hydrogens (tertiary/aromatic N) is 5. The third kappa shape index (κ3) is 2.71. The summed E-state index contributed by atoms with van der Waals surface area (Å²) < 4.78 is 0.918. The number of benzene rings is 1. The van der Waals surface area contributed by atoms with Gasteiger partial charge in [-0.15, -0.1) is 10.2 Å². The van der Waals surface area contributed by atoms with Crippen LogP contribution in [0, 0.1) is 0 Å². The predicted molar refractivity (Wildman–Crippen MR) is 85.0 cm³/mol. The van der Waals surface area contributed by atoms with Gasteiger partial charge in [0.1, 0.15) is 5.03 Å². The second-order valence-corrected chi connectivity index (χ2v) is 7.07. The van der Waals surface area contributed by atoms with E-state index in [2.05, 4.69) is 25.1 Å². The van der Waals surface area contributed by atoms with Crippen molar-refractivity contribution >= 4 is 39.3 Å². The van der Waals surface area contributed by atoms with Crippen LogP contribution in [-0.2, 0) is 0 Å². The van der Waals surface area contributed by atoms with Gasteiger partial charge in [-0.25, -0.2) is 4.98 Å². The smallest absolute Gasteiger partial charge is 0.209 e. The maximum Gasteiger partial charge on any atom is 0.209 e. The van der Waals surface area contributed by atoms with Gasteiger partial charge in [0.2, 0.25) is 5.13 Å². The van der Waals surface area contributed by atoms with E-state index in [4.69, 9.17) is 0 Å². The van der Waals surface area contributed by atoms with Gasteiger partial charge in [0.15, 0.2) is 4.34 Å². The normalized spacial score (nSPS) is 15.0. The summed E-state index contributed by atoms with van der Waals surface area (Å²) in [5, 5.41) is 10.4. The number of rotatable bonds is 3. The molecule has 0 bridgehead atoms. The summed E-state index contributed by atoms with van der Waals surface area (Å²) in [6.07, 6.45) is 4.29. The molecule has 1 fully saturated rings. The van der Waals surface area contributed by atoms with E-state index in [1.165, 1.54) is 24.6 Å². The van der Waals surface area contributed by atoms with Crippen LogP contribution in [0.15, 0.2) is 39.8 Å². The molecule has 0 unspecified atom stereocenters. The molecule has 2 aromatic heterocycles. The van der Waals surface area contributed by atoms with E-state index in [-0.39, 0.29) is 0 Å². The molecule has 0 spiro atoms. The van der Waals surface area contributed by atoms with E-state index >= 15 is 0 Å². The highest BCUT2D eigenvalue weighted by molar-refractivity contribution is 8.01. The summed E-state index contributed by atoms with van der Waals surface area (Å²) in [7, 11) is 0. The molecule has 4 rings (SSSR count). The third-order valence-corrected chi connectivity index (χ3v) is 5.33. The number of anilines is 1. The SMILES string of the molecule is c1ccc2nc(Sc3nnc(N4CCCC4)s3)cnc2c1. The van der Waals surface area contributed by atoms with Gasteiger partial charge in [-0.05, 0) is 36.7 Å². The molecule has 106 valence electrons.